The molecule has 2 heterocycles. The first-order valence-corrected chi connectivity index (χ1v) is 4.73. The molecule has 0 saturated carbocycles. The molecule has 0 N–H and O–H groups in total. The SMILES string of the molecule is Cl.c1cc(CCc2ccncc2)ccn1. The molecule has 3 heteroatoms. The third-order valence-electron chi connectivity index (χ3n) is 2.20. The first-order valence-electron chi connectivity index (χ1n) is 4.73. The minimum Gasteiger partial charge on any atom is -0.265 e. The third-order valence-corrected chi connectivity index (χ3v) is 2.20. The average molecular weight is 221 g/mol. The van der Waals surface area contributed by atoms with Crippen molar-refractivity contribution in [3.63, 3.8) is 0 Å². The standard InChI is InChI=1S/C12H12N2.ClH/c1(11-3-7-13-8-4-11)2-12-5-9-14-10-6-12;/h3-10H,1-2H2;1H. The minimum absolute atomic E-state index is 0. The van der Waals surface area contributed by atoms with Crippen molar-refractivity contribution >= 4 is 12.4 Å². The van der Waals surface area contributed by atoms with Crippen LogP contribution in [0.1, 0.15) is 11.1 Å². The van der Waals surface area contributed by atoms with E-state index in [1.165, 1.54) is 11.1 Å². The lowest BCUT2D eigenvalue weighted by Crippen LogP contribution is -1.91. The monoisotopic (exact) mass is 220 g/mol. The highest BCUT2D eigenvalue weighted by Gasteiger charge is 1.93. The van der Waals surface area contributed by atoms with Crippen LogP contribution in [0.4, 0.5) is 0 Å². The Morgan fingerprint density at radius 3 is 1.33 bits per heavy atom. The number of hydrogen-bond acceptors (Lipinski definition) is 2. The molecule has 2 rings (SSSR count). The van der Waals surface area contributed by atoms with Gasteiger partial charge in [-0.05, 0) is 48.2 Å². The van der Waals surface area contributed by atoms with Crippen LogP contribution in [-0.2, 0) is 12.8 Å². The van der Waals surface area contributed by atoms with Gasteiger partial charge in [0.2, 0.25) is 0 Å². The van der Waals surface area contributed by atoms with E-state index < -0.39 is 0 Å². The second-order valence-electron chi connectivity index (χ2n) is 3.21. The Hall–Kier alpha value is -1.41. The van der Waals surface area contributed by atoms with Crippen molar-refractivity contribution < 1.29 is 0 Å². The van der Waals surface area contributed by atoms with Gasteiger partial charge in [-0.2, -0.15) is 0 Å². The first kappa shape index (κ1) is 11.7. The molecule has 2 aromatic heterocycles. The number of rotatable bonds is 3. The zero-order chi connectivity index (χ0) is 9.64. The largest absolute Gasteiger partial charge is 0.265 e. The Labute approximate surface area is 95.8 Å². The van der Waals surface area contributed by atoms with Crippen molar-refractivity contribution in [2.45, 2.75) is 12.8 Å². The molecule has 0 spiro atoms. The molecule has 0 radical (unpaired) electrons. The van der Waals surface area contributed by atoms with E-state index in [0.29, 0.717) is 0 Å². The summed E-state index contributed by atoms with van der Waals surface area (Å²) in [4.78, 5) is 7.98. The van der Waals surface area contributed by atoms with Gasteiger partial charge in [-0.15, -0.1) is 12.4 Å². The molecule has 0 amide bonds. The number of aromatic nitrogens is 2. The van der Waals surface area contributed by atoms with E-state index >= 15 is 0 Å². The lowest BCUT2D eigenvalue weighted by atomic mass is 10.1. The highest BCUT2D eigenvalue weighted by molar-refractivity contribution is 5.85. The van der Waals surface area contributed by atoms with Gasteiger partial charge in [0.05, 0.1) is 0 Å². The molecule has 0 saturated heterocycles. The fourth-order valence-corrected chi connectivity index (χ4v) is 1.39. The Bertz CT molecular complexity index is 336. The highest BCUT2D eigenvalue weighted by Crippen LogP contribution is 2.04. The van der Waals surface area contributed by atoms with Crippen LogP contribution in [0.2, 0.25) is 0 Å². The predicted molar refractivity (Wildman–Crippen MR) is 63.1 cm³/mol. The summed E-state index contributed by atoms with van der Waals surface area (Å²) in [5.74, 6) is 0. The number of pyridine rings is 2. The van der Waals surface area contributed by atoms with E-state index in [-0.39, 0.29) is 12.4 Å². The fraction of sp³-hybridized carbons (Fsp3) is 0.167. The normalized spacial score (nSPS) is 9.33. The number of aryl methyl sites for hydroxylation is 2. The van der Waals surface area contributed by atoms with Crippen molar-refractivity contribution in [1.29, 1.82) is 0 Å². The van der Waals surface area contributed by atoms with Crippen LogP contribution in [0.25, 0.3) is 0 Å². The molecule has 0 aliphatic heterocycles. The van der Waals surface area contributed by atoms with Crippen LogP contribution >= 0.6 is 12.4 Å². The van der Waals surface area contributed by atoms with E-state index in [2.05, 4.69) is 34.2 Å². The fourth-order valence-electron chi connectivity index (χ4n) is 1.39. The number of hydrogen-bond donors (Lipinski definition) is 0. The maximum Gasteiger partial charge on any atom is 0.0270 e. The Balaban J connectivity index is 0.00000112. The second-order valence-corrected chi connectivity index (χ2v) is 3.21. The lowest BCUT2D eigenvalue weighted by molar-refractivity contribution is 0.951. The third kappa shape index (κ3) is 3.68. The van der Waals surface area contributed by atoms with Crippen molar-refractivity contribution in [2.24, 2.45) is 0 Å². The number of nitrogens with zero attached hydrogens (tertiary/aromatic N) is 2. The molecule has 0 atom stereocenters. The molecule has 0 aliphatic carbocycles. The Kier molecular flexibility index (Phi) is 4.78. The van der Waals surface area contributed by atoms with Gasteiger partial charge < -0.3 is 0 Å². The smallest absolute Gasteiger partial charge is 0.0270 e. The van der Waals surface area contributed by atoms with Crippen molar-refractivity contribution in [3.8, 4) is 0 Å². The molecule has 0 bridgehead atoms. The van der Waals surface area contributed by atoms with Gasteiger partial charge in [0, 0.05) is 24.8 Å². The summed E-state index contributed by atoms with van der Waals surface area (Å²) in [6.07, 6.45) is 9.46. The molecule has 15 heavy (non-hydrogen) atoms. The zero-order valence-corrected chi connectivity index (χ0v) is 9.15. The summed E-state index contributed by atoms with van der Waals surface area (Å²) in [7, 11) is 0. The van der Waals surface area contributed by atoms with Gasteiger partial charge >= 0.3 is 0 Å². The highest BCUT2D eigenvalue weighted by atomic mass is 35.5. The van der Waals surface area contributed by atoms with Crippen molar-refractivity contribution in [2.75, 3.05) is 0 Å². The summed E-state index contributed by atoms with van der Waals surface area (Å²) >= 11 is 0. The van der Waals surface area contributed by atoms with E-state index in [0.717, 1.165) is 12.8 Å². The summed E-state index contributed by atoms with van der Waals surface area (Å²) in [5, 5.41) is 0. The summed E-state index contributed by atoms with van der Waals surface area (Å²) in [6, 6.07) is 8.23. The zero-order valence-electron chi connectivity index (χ0n) is 8.34. The maximum absolute atomic E-state index is 3.99. The summed E-state index contributed by atoms with van der Waals surface area (Å²) < 4.78 is 0. The van der Waals surface area contributed by atoms with Crippen LogP contribution in [0, 0.1) is 0 Å². The molecule has 2 aromatic rings. The quantitative estimate of drug-likeness (QED) is 0.795. The van der Waals surface area contributed by atoms with Gasteiger partial charge in [-0.25, -0.2) is 0 Å². The lowest BCUT2D eigenvalue weighted by Gasteiger charge is -2.00. The molecule has 0 aromatic carbocycles. The molecular weight excluding hydrogens is 208 g/mol. The molecule has 0 aliphatic rings. The van der Waals surface area contributed by atoms with E-state index in [1.54, 1.807) is 0 Å². The molecular formula is C12H13ClN2. The molecule has 2 nitrogen and oxygen atoms in total. The van der Waals surface area contributed by atoms with Gasteiger partial charge in [-0.1, -0.05) is 0 Å². The van der Waals surface area contributed by atoms with E-state index in [1.807, 2.05) is 24.8 Å². The Morgan fingerprint density at radius 1 is 0.667 bits per heavy atom. The summed E-state index contributed by atoms with van der Waals surface area (Å²) in [5.41, 5.74) is 2.66. The van der Waals surface area contributed by atoms with Gasteiger partial charge in [0.1, 0.15) is 0 Å². The number of halogens is 1. The summed E-state index contributed by atoms with van der Waals surface area (Å²) in [6.45, 7) is 0. The van der Waals surface area contributed by atoms with Gasteiger partial charge in [-0.3, -0.25) is 9.97 Å². The van der Waals surface area contributed by atoms with Crippen molar-refractivity contribution in [3.05, 3.63) is 60.2 Å². The molecule has 78 valence electrons. The topological polar surface area (TPSA) is 25.8 Å². The van der Waals surface area contributed by atoms with Crippen molar-refractivity contribution in [1.82, 2.24) is 9.97 Å². The minimum atomic E-state index is 0. The van der Waals surface area contributed by atoms with E-state index in [9.17, 15) is 0 Å². The predicted octanol–water partition coefficient (Wildman–Crippen LogP) is 2.68. The van der Waals surface area contributed by atoms with Crippen LogP contribution in [0.3, 0.4) is 0 Å². The van der Waals surface area contributed by atoms with E-state index in [4.69, 9.17) is 0 Å². The van der Waals surface area contributed by atoms with Crippen LogP contribution in [0.15, 0.2) is 49.1 Å². The van der Waals surface area contributed by atoms with Gasteiger partial charge in [0.15, 0.2) is 0 Å². The second kappa shape index (κ2) is 6.14. The van der Waals surface area contributed by atoms with Crippen LogP contribution in [-0.4, -0.2) is 9.97 Å². The Morgan fingerprint density at radius 2 is 1.00 bits per heavy atom. The molecule has 0 unspecified atom stereocenters. The first-order chi connectivity index (χ1) is 6.95. The van der Waals surface area contributed by atoms with Crippen LogP contribution in [0.5, 0.6) is 0 Å². The van der Waals surface area contributed by atoms with Gasteiger partial charge in [0.25, 0.3) is 0 Å². The van der Waals surface area contributed by atoms with Crippen LogP contribution < -0.4 is 0 Å². The maximum atomic E-state index is 3.99. The molecule has 0 fully saturated rings. The average Bonchev–Trinajstić information content (AvgIpc) is 2.29.